The maximum Gasteiger partial charge on any atom is 0.265 e. The molecule has 7 atom stereocenters. The number of imide groups is 1. The highest BCUT2D eigenvalue weighted by Gasteiger charge is 2.56. The summed E-state index contributed by atoms with van der Waals surface area (Å²) < 4.78 is 5.02. The Kier molecular flexibility index (Phi) is 10.7. The average Bonchev–Trinajstić information content (AvgIpc) is 3.16. The molecular weight excluding hydrogens is 508 g/mol. The molecule has 218 valence electrons. The van der Waals surface area contributed by atoms with E-state index in [2.05, 4.69) is 24.7 Å². The van der Waals surface area contributed by atoms with E-state index >= 15 is 0 Å². The molecule has 3 rings (SSSR count). The summed E-state index contributed by atoms with van der Waals surface area (Å²) in [5, 5.41) is 14.7. The molecule has 0 aromatic carbocycles. The van der Waals surface area contributed by atoms with Gasteiger partial charge in [0.05, 0.1) is 24.3 Å². The predicted octanol–water partition coefficient (Wildman–Crippen LogP) is 3.21. The minimum absolute atomic E-state index is 0.122. The number of Topliss-reactive ketones (excluding diaryl/α,β-unsaturated/α-hetero) is 1. The third-order valence-electron chi connectivity index (χ3n) is 8.81. The summed E-state index contributed by atoms with van der Waals surface area (Å²) in [6.45, 7) is 10.4. The summed E-state index contributed by atoms with van der Waals surface area (Å²) in [5.41, 5.74) is -1.36. The van der Waals surface area contributed by atoms with Gasteiger partial charge in [0.1, 0.15) is 0 Å². The monoisotopic (exact) mass is 552 g/mol. The van der Waals surface area contributed by atoms with Gasteiger partial charge in [-0.3, -0.25) is 24.1 Å². The van der Waals surface area contributed by atoms with Crippen molar-refractivity contribution in [3.05, 3.63) is 36.0 Å². The van der Waals surface area contributed by atoms with Crippen molar-refractivity contribution >= 4 is 23.5 Å². The summed E-state index contributed by atoms with van der Waals surface area (Å²) in [6.07, 6.45) is 14.6. The van der Waals surface area contributed by atoms with Gasteiger partial charge in [-0.2, -0.15) is 0 Å². The van der Waals surface area contributed by atoms with Crippen LogP contribution in [0.25, 0.3) is 0 Å². The van der Waals surface area contributed by atoms with Gasteiger partial charge in [0, 0.05) is 42.9 Å². The molecule has 3 aliphatic rings. The van der Waals surface area contributed by atoms with Crippen LogP contribution in [-0.4, -0.2) is 65.9 Å². The van der Waals surface area contributed by atoms with Crippen molar-refractivity contribution in [3.8, 4) is 12.3 Å². The zero-order valence-corrected chi connectivity index (χ0v) is 24.3. The van der Waals surface area contributed by atoms with Gasteiger partial charge in [0.15, 0.2) is 5.78 Å². The lowest BCUT2D eigenvalue weighted by Crippen LogP contribution is -2.56. The Hall–Kier alpha value is -3.02. The number of carbonyl (C=O) groups excluding carboxylic acids is 4. The summed E-state index contributed by atoms with van der Waals surface area (Å²) in [5.74, 6) is -2.07. The Morgan fingerprint density at radius 3 is 2.67 bits per heavy atom. The number of nitrogens with zero attached hydrogens (tertiary/aromatic N) is 1. The highest BCUT2D eigenvalue weighted by molar-refractivity contribution is 6.33. The molecule has 8 nitrogen and oxygen atoms in total. The van der Waals surface area contributed by atoms with Gasteiger partial charge in [-0.15, -0.1) is 13.0 Å². The Balaban J connectivity index is 2.00. The van der Waals surface area contributed by atoms with Crippen LogP contribution < -0.4 is 5.32 Å². The standard InChI is InChI=1S/C32H44N2O6/c1-7-10-11-12-22(9-3)25-26(31(38)34(16-8-2)30(25)37)28(35)24-20(4)13-14-32(39)19-23(18-21(5)27(24)32)29(36)33-15-17-40-6/h2,9,13-14,20-24,27,39H,3,7,10-12,15-19H2,1,4-6H3,(H,33,36). The Labute approximate surface area is 238 Å². The molecule has 40 heavy (non-hydrogen) atoms. The molecule has 1 saturated carbocycles. The molecule has 2 N–H and O–H groups in total. The topological polar surface area (TPSA) is 113 Å². The van der Waals surface area contributed by atoms with Gasteiger partial charge in [-0.05, 0) is 31.1 Å². The van der Waals surface area contributed by atoms with Crippen LogP contribution in [0.1, 0.15) is 59.3 Å². The number of allylic oxidation sites excluding steroid dienone is 2. The molecule has 7 unspecified atom stereocenters. The zero-order valence-electron chi connectivity index (χ0n) is 24.3. The molecule has 1 heterocycles. The van der Waals surface area contributed by atoms with Crippen molar-refractivity contribution < 1.29 is 29.0 Å². The Morgan fingerprint density at radius 2 is 2.05 bits per heavy atom. The first-order chi connectivity index (χ1) is 19.1. The van der Waals surface area contributed by atoms with Crippen LogP contribution in [0.2, 0.25) is 0 Å². The Bertz CT molecular complexity index is 1120. The van der Waals surface area contributed by atoms with E-state index in [9.17, 15) is 24.3 Å². The fourth-order valence-corrected chi connectivity index (χ4v) is 6.91. The third kappa shape index (κ3) is 6.16. The van der Waals surface area contributed by atoms with Crippen molar-refractivity contribution in [3.63, 3.8) is 0 Å². The third-order valence-corrected chi connectivity index (χ3v) is 8.81. The van der Waals surface area contributed by atoms with Crippen LogP contribution in [0, 0.1) is 47.9 Å². The van der Waals surface area contributed by atoms with Gasteiger partial charge in [0.25, 0.3) is 11.8 Å². The summed E-state index contributed by atoms with van der Waals surface area (Å²) in [4.78, 5) is 55.4. The number of ether oxygens (including phenoxy) is 1. The lowest BCUT2D eigenvalue weighted by Gasteiger charge is -2.51. The number of amides is 3. The lowest BCUT2D eigenvalue weighted by atomic mass is 9.55. The molecule has 0 aromatic rings. The maximum atomic E-state index is 14.4. The molecule has 0 radical (unpaired) electrons. The second-order valence-corrected chi connectivity index (χ2v) is 11.6. The van der Waals surface area contributed by atoms with E-state index < -0.39 is 46.9 Å². The average molecular weight is 553 g/mol. The molecule has 0 aromatic heterocycles. The van der Waals surface area contributed by atoms with E-state index in [-0.39, 0.29) is 41.9 Å². The smallest absolute Gasteiger partial charge is 0.265 e. The second kappa shape index (κ2) is 13.6. The highest BCUT2D eigenvalue weighted by atomic mass is 16.5. The second-order valence-electron chi connectivity index (χ2n) is 11.6. The summed E-state index contributed by atoms with van der Waals surface area (Å²) in [6, 6.07) is 0. The van der Waals surface area contributed by atoms with E-state index in [4.69, 9.17) is 11.2 Å². The van der Waals surface area contributed by atoms with Crippen LogP contribution in [0.5, 0.6) is 0 Å². The molecule has 1 aliphatic heterocycles. The number of nitrogens with one attached hydrogen (secondary N) is 1. The molecule has 1 fully saturated rings. The van der Waals surface area contributed by atoms with E-state index in [1.807, 2.05) is 13.8 Å². The molecule has 0 bridgehead atoms. The van der Waals surface area contributed by atoms with Crippen LogP contribution in [0.4, 0.5) is 0 Å². The fourth-order valence-electron chi connectivity index (χ4n) is 6.91. The van der Waals surface area contributed by atoms with Crippen molar-refractivity contribution in [1.29, 1.82) is 0 Å². The number of hydrogen-bond donors (Lipinski definition) is 2. The van der Waals surface area contributed by atoms with Gasteiger partial charge < -0.3 is 15.2 Å². The number of rotatable bonds is 13. The summed E-state index contributed by atoms with van der Waals surface area (Å²) in [7, 11) is 1.56. The van der Waals surface area contributed by atoms with Gasteiger partial charge >= 0.3 is 0 Å². The van der Waals surface area contributed by atoms with Crippen LogP contribution >= 0.6 is 0 Å². The molecule has 2 aliphatic carbocycles. The number of methoxy groups -OCH3 is 1. The number of carbonyl (C=O) groups is 4. The number of aliphatic hydroxyl groups is 1. The SMILES string of the molecule is C#CCN1C(=O)C(C(=O)C2C(C)C=CC3(O)CC(C(=O)NCCOC)CC(C)C23)=C(C(C=C)CCCCC)C1=O. The van der Waals surface area contributed by atoms with E-state index in [1.165, 1.54) is 0 Å². The molecular formula is C32H44N2O6. The first-order valence-electron chi connectivity index (χ1n) is 14.4. The van der Waals surface area contributed by atoms with E-state index in [1.54, 1.807) is 25.3 Å². The quantitative estimate of drug-likeness (QED) is 0.119. The van der Waals surface area contributed by atoms with Crippen LogP contribution in [0.15, 0.2) is 36.0 Å². The molecule has 8 heteroatoms. The minimum Gasteiger partial charge on any atom is -0.385 e. The van der Waals surface area contributed by atoms with Crippen molar-refractivity contribution in [2.45, 2.75) is 64.9 Å². The van der Waals surface area contributed by atoms with E-state index in [0.717, 1.165) is 24.2 Å². The van der Waals surface area contributed by atoms with E-state index in [0.29, 0.717) is 26.0 Å². The summed E-state index contributed by atoms with van der Waals surface area (Å²) >= 11 is 0. The van der Waals surface area contributed by atoms with Crippen LogP contribution in [0.3, 0.4) is 0 Å². The lowest BCUT2D eigenvalue weighted by molar-refractivity contribution is -0.144. The normalized spacial score (nSPS) is 30.6. The van der Waals surface area contributed by atoms with Gasteiger partial charge in [-0.1, -0.05) is 64.2 Å². The predicted molar refractivity (Wildman–Crippen MR) is 152 cm³/mol. The fraction of sp³-hybridized carbons (Fsp3) is 0.625. The van der Waals surface area contributed by atoms with Gasteiger partial charge in [0.2, 0.25) is 5.91 Å². The molecule has 0 spiro atoms. The van der Waals surface area contributed by atoms with Crippen molar-refractivity contribution in [2.24, 2.45) is 35.5 Å². The van der Waals surface area contributed by atoms with Crippen molar-refractivity contribution in [2.75, 3.05) is 26.8 Å². The van der Waals surface area contributed by atoms with Gasteiger partial charge in [-0.25, -0.2) is 0 Å². The minimum atomic E-state index is -1.41. The zero-order chi connectivity index (χ0) is 29.6. The maximum absolute atomic E-state index is 14.4. The van der Waals surface area contributed by atoms with Crippen LogP contribution in [-0.2, 0) is 23.9 Å². The molecule has 3 amide bonds. The Morgan fingerprint density at radius 1 is 1.32 bits per heavy atom. The number of fused-ring (bicyclic) bond motifs is 1. The number of ketones is 1. The highest BCUT2D eigenvalue weighted by Crippen LogP contribution is 2.51. The number of unbranched alkanes of at least 4 members (excludes halogenated alkanes) is 2. The largest absolute Gasteiger partial charge is 0.385 e. The number of terminal acetylenes is 1. The van der Waals surface area contributed by atoms with Crippen molar-refractivity contribution in [1.82, 2.24) is 10.2 Å². The first kappa shape index (κ1) is 31.5. The number of hydrogen-bond acceptors (Lipinski definition) is 6. The first-order valence-corrected chi connectivity index (χ1v) is 14.4. The molecule has 0 saturated heterocycles.